The van der Waals surface area contributed by atoms with Crippen LogP contribution in [0.2, 0.25) is 0 Å². The maximum Gasteiger partial charge on any atom is 0.328 e. The van der Waals surface area contributed by atoms with Crippen molar-refractivity contribution in [1.82, 2.24) is 0 Å². The molecule has 0 aromatic rings. The zero-order chi connectivity index (χ0) is 13.1. The van der Waals surface area contributed by atoms with E-state index in [4.69, 9.17) is 9.84 Å². The van der Waals surface area contributed by atoms with Gasteiger partial charge in [0.25, 0.3) is 0 Å². The third-order valence-corrected chi connectivity index (χ3v) is 5.50. The molecule has 0 bridgehead atoms. The highest BCUT2D eigenvalue weighted by atomic mass is 16.5. The minimum atomic E-state index is -0.861. The van der Waals surface area contributed by atoms with Crippen LogP contribution >= 0.6 is 0 Å². The van der Waals surface area contributed by atoms with E-state index >= 15 is 0 Å². The molecule has 2 saturated carbocycles. The van der Waals surface area contributed by atoms with Gasteiger partial charge in [-0.05, 0) is 36.7 Å². The highest BCUT2D eigenvalue weighted by Crippen LogP contribution is 2.76. The molecule has 1 saturated heterocycles. The number of hydrogen-bond acceptors (Lipinski definition) is 2. The molecular formula is C15H22O3. The van der Waals surface area contributed by atoms with Gasteiger partial charge in [-0.1, -0.05) is 20.3 Å². The average Bonchev–Trinajstić information content (AvgIpc) is 2.77. The molecule has 3 rings (SSSR count). The van der Waals surface area contributed by atoms with Gasteiger partial charge in [0, 0.05) is 17.4 Å². The Balaban J connectivity index is 1.85. The van der Waals surface area contributed by atoms with Crippen LogP contribution in [0, 0.1) is 22.7 Å². The van der Waals surface area contributed by atoms with Gasteiger partial charge in [-0.3, -0.25) is 0 Å². The van der Waals surface area contributed by atoms with Crippen LogP contribution in [0.3, 0.4) is 0 Å². The van der Waals surface area contributed by atoms with Crippen LogP contribution < -0.4 is 0 Å². The number of carboxylic acids is 1. The fraction of sp³-hybridized carbons (Fsp3) is 0.800. The Morgan fingerprint density at radius 3 is 2.72 bits per heavy atom. The van der Waals surface area contributed by atoms with Gasteiger partial charge in [0.2, 0.25) is 0 Å². The number of carboxylic acid groups (broad SMARTS) is 1. The minimum Gasteiger partial charge on any atom is -0.478 e. The second kappa shape index (κ2) is 3.60. The Hall–Kier alpha value is -0.830. The second-order valence-corrected chi connectivity index (χ2v) is 7.04. The quantitative estimate of drug-likeness (QED) is 0.766. The number of hydrogen-bond donors (Lipinski definition) is 1. The lowest BCUT2D eigenvalue weighted by atomic mass is 9.72. The Kier molecular flexibility index (Phi) is 2.44. The van der Waals surface area contributed by atoms with E-state index in [1.165, 1.54) is 25.3 Å². The van der Waals surface area contributed by atoms with Crippen LogP contribution in [0.25, 0.3) is 0 Å². The van der Waals surface area contributed by atoms with Crippen molar-refractivity contribution < 1.29 is 14.6 Å². The summed E-state index contributed by atoms with van der Waals surface area (Å²) in [5.74, 6) is 0.431. The van der Waals surface area contributed by atoms with E-state index in [1.807, 2.05) is 6.92 Å². The third-order valence-electron chi connectivity index (χ3n) is 5.50. The summed E-state index contributed by atoms with van der Waals surface area (Å²) in [5.41, 5.74) is 1.66. The van der Waals surface area contributed by atoms with E-state index in [2.05, 4.69) is 13.8 Å². The van der Waals surface area contributed by atoms with Crippen LogP contribution in [0.15, 0.2) is 11.6 Å². The molecule has 3 aliphatic rings. The molecule has 2 aliphatic carbocycles. The Labute approximate surface area is 108 Å². The smallest absolute Gasteiger partial charge is 0.328 e. The summed E-state index contributed by atoms with van der Waals surface area (Å²) >= 11 is 0. The number of aliphatic carboxylic acids is 1. The summed E-state index contributed by atoms with van der Waals surface area (Å²) < 4.78 is 5.90. The molecule has 1 N–H and O–H groups in total. The standard InChI is InChI=1S/C15H22O3/c1-9(7-10(16)17)12-11-13-14(2,3)5-4-6-15(11,13)8-18-12/h7,11-13H,4-6,8H2,1-3H3,(H,16,17). The van der Waals surface area contributed by atoms with Crippen molar-refractivity contribution >= 4 is 5.97 Å². The van der Waals surface area contributed by atoms with E-state index in [0.29, 0.717) is 16.7 Å². The van der Waals surface area contributed by atoms with Crippen LogP contribution in [0.5, 0.6) is 0 Å². The van der Waals surface area contributed by atoms with Gasteiger partial charge in [0.1, 0.15) is 0 Å². The molecule has 0 aromatic heterocycles. The molecule has 1 aliphatic heterocycles. The molecule has 0 radical (unpaired) electrons. The summed E-state index contributed by atoms with van der Waals surface area (Å²) in [6.45, 7) is 7.46. The van der Waals surface area contributed by atoms with Crippen molar-refractivity contribution in [3.05, 3.63) is 11.6 Å². The summed E-state index contributed by atoms with van der Waals surface area (Å²) in [6.07, 6.45) is 5.22. The molecule has 18 heavy (non-hydrogen) atoms. The molecule has 0 amide bonds. The largest absolute Gasteiger partial charge is 0.478 e. The zero-order valence-corrected chi connectivity index (χ0v) is 11.4. The fourth-order valence-electron chi connectivity index (χ4n) is 4.91. The lowest BCUT2D eigenvalue weighted by molar-refractivity contribution is -0.131. The monoisotopic (exact) mass is 250 g/mol. The number of ether oxygens (including phenoxy) is 1. The van der Waals surface area contributed by atoms with Gasteiger partial charge in [-0.2, -0.15) is 0 Å². The highest BCUT2D eigenvalue weighted by Gasteiger charge is 2.75. The normalized spacial score (nSPS) is 45.3. The third kappa shape index (κ3) is 1.49. The summed E-state index contributed by atoms with van der Waals surface area (Å²) in [6, 6.07) is 0. The highest BCUT2D eigenvalue weighted by molar-refractivity contribution is 5.80. The van der Waals surface area contributed by atoms with Crippen LogP contribution in [0.1, 0.15) is 40.0 Å². The van der Waals surface area contributed by atoms with Gasteiger partial charge in [0.05, 0.1) is 12.7 Å². The van der Waals surface area contributed by atoms with E-state index < -0.39 is 5.97 Å². The molecule has 4 unspecified atom stereocenters. The van der Waals surface area contributed by atoms with Crippen LogP contribution in [0.4, 0.5) is 0 Å². The lowest BCUT2D eigenvalue weighted by Gasteiger charge is -2.35. The topological polar surface area (TPSA) is 46.5 Å². The van der Waals surface area contributed by atoms with Gasteiger partial charge in [0.15, 0.2) is 0 Å². The molecule has 0 aromatic carbocycles. The molecule has 3 nitrogen and oxygen atoms in total. The van der Waals surface area contributed by atoms with Crippen molar-refractivity contribution in [2.24, 2.45) is 22.7 Å². The Morgan fingerprint density at radius 2 is 2.11 bits per heavy atom. The number of rotatable bonds is 2. The summed E-state index contributed by atoms with van der Waals surface area (Å²) in [4.78, 5) is 10.8. The van der Waals surface area contributed by atoms with Gasteiger partial charge >= 0.3 is 5.97 Å². The maximum absolute atomic E-state index is 10.8. The van der Waals surface area contributed by atoms with Crippen molar-refractivity contribution in [2.45, 2.75) is 46.1 Å². The van der Waals surface area contributed by atoms with Crippen molar-refractivity contribution in [3.8, 4) is 0 Å². The fourth-order valence-corrected chi connectivity index (χ4v) is 4.91. The molecule has 4 atom stereocenters. The minimum absolute atomic E-state index is 0.0449. The zero-order valence-electron chi connectivity index (χ0n) is 11.4. The number of carbonyl (C=O) groups is 1. The summed E-state index contributed by atoms with van der Waals surface area (Å²) in [7, 11) is 0. The molecule has 1 heterocycles. The number of fused-ring (bicyclic) bond motifs is 1. The van der Waals surface area contributed by atoms with Gasteiger partial charge in [-0.25, -0.2) is 4.79 Å². The average molecular weight is 250 g/mol. The van der Waals surface area contributed by atoms with Crippen LogP contribution in [-0.2, 0) is 9.53 Å². The predicted octanol–water partition coefficient (Wildman–Crippen LogP) is 2.86. The van der Waals surface area contributed by atoms with E-state index in [1.54, 1.807) is 0 Å². The lowest BCUT2D eigenvalue weighted by Crippen LogP contribution is -2.29. The Morgan fingerprint density at radius 1 is 1.39 bits per heavy atom. The van der Waals surface area contributed by atoms with Crippen molar-refractivity contribution in [1.29, 1.82) is 0 Å². The van der Waals surface area contributed by atoms with E-state index in [9.17, 15) is 4.79 Å². The summed E-state index contributed by atoms with van der Waals surface area (Å²) in [5, 5.41) is 8.87. The molecule has 3 fully saturated rings. The molecule has 3 heteroatoms. The van der Waals surface area contributed by atoms with Gasteiger partial charge in [-0.15, -0.1) is 0 Å². The first-order valence-electron chi connectivity index (χ1n) is 6.91. The van der Waals surface area contributed by atoms with Crippen molar-refractivity contribution in [3.63, 3.8) is 0 Å². The SMILES string of the molecule is CC(=CC(=O)O)C1OCC23CCCC(C)(C)C2C13. The first-order valence-corrected chi connectivity index (χ1v) is 6.91. The van der Waals surface area contributed by atoms with Crippen molar-refractivity contribution in [2.75, 3.05) is 6.61 Å². The maximum atomic E-state index is 10.8. The first kappa shape index (κ1) is 12.2. The molecular weight excluding hydrogens is 228 g/mol. The predicted molar refractivity (Wildman–Crippen MR) is 68.2 cm³/mol. The van der Waals surface area contributed by atoms with Gasteiger partial charge < -0.3 is 9.84 Å². The Bertz CT molecular complexity index is 423. The van der Waals surface area contributed by atoms with E-state index in [0.717, 1.165) is 18.1 Å². The molecule has 100 valence electrons. The molecule has 1 spiro atoms. The van der Waals surface area contributed by atoms with Crippen LogP contribution in [-0.4, -0.2) is 23.8 Å². The first-order chi connectivity index (χ1) is 8.38. The van der Waals surface area contributed by atoms with E-state index in [-0.39, 0.29) is 6.10 Å². The second-order valence-electron chi connectivity index (χ2n) is 7.04.